The number of nitrogen functional groups attached to an aromatic ring is 1. The molecule has 0 bridgehead atoms. The third kappa shape index (κ3) is 2.18. The number of aromatic nitrogens is 2. The number of hydrogen-bond donors (Lipinski definition) is 1. The van der Waals surface area contributed by atoms with Gasteiger partial charge in [0.2, 0.25) is 5.95 Å². The van der Waals surface area contributed by atoms with Gasteiger partial charge in [0.25, 0.3) is 0 Å². The maximum atomic E-state index is 6.03. The van der Waals surface area contributed by atoms with Gasteiger partial charge in [-0.25, -0.2) is 4.98 Å². The fraction of sp³-hybridized carbons (Fsp3) is 0.462. The molecule has 17 heavy (non-hydrogen) atoms. The van der Waals surface area contributed by atoms with Crippen molar-refractivity contribution < 1.29 is 0 Å². The monoisotopic (exact) mass is 295 g/mol. The minimum Gasteiger partial charge on any atom is -0.369 e. The van der Waals surface area contributed by atoms with Gasteiger partial charge in [-0.05, 0) is 31.0 Å². The van der Waals surface area contributed by atoms with E-state index in [1.54, 1.807) is 0 Å². The van der Waals surface area contributed by atoms with Gasteiger partial charge in [-0.15, -0.1) is 0 Å². The number of benzene rings is 1. The Labute approximate surface area is 110 Å². The number of fused-ring (bicyclic) bond motifs is 1. The molecule has 0 saturated heterocycles. The molecule has 2 aromatic rings. The number of anilines is 1. The summed E-state index contributed by atoms with van der Waals surface area (Å²) in [5.74, 6) is 1.18. The first-order chi connectivity index (χ1) is 8.04. The van der Waals surface area contributed by atoms with Crippen LogP contribution in [-0.4, -0.2) is 9.55 Å². The molecule has 0 aliphatic carbocycles. The van der Waals surface area contributed by atoms with E-state index in [2.05, 4.69) is 52.3 Å². The molecule has 1 aromatic heterocycles. The Kier molecular flexibility index (Phi) is 3.43. The molecule has 1 heterocycles. The lowest BCUT2D eigenvalue weighted by atomic mass is 10.0. The molecule has 2 rings (SSSR count). The summed E-state index contributed by atoms with van der Waals surface area (Å²) in [4.78, 5) is 4.42. The lowest BCUT2D eigenvalue weighted by Gasteiger charge is -2.21. The summed E-state index contributed by atoms with van der Waals surface area (Å²) in [7, 11) is 0. The summed E-state index contributed by atoms with van der Waals surface area (Å²) < 4.78 is 3.17. The van der Waals surface area contributed by atoms with Crippen molar-refractivity contribution in [1.29, 1.82) is 0 Å². The van der Waals surface area contributed by atoms with E-state index in [1.165, 1.54) is 0 Å². The molecule has 1 aromatic carbocycles. The standard InChI is InChI=1S/C13H18BrN3/c1-4-8(2)9(3)17-12-6-5-10(14)7-11(12)16-13(17)15/h5-9H,4H2,1-3H3,(H2,15,16). The van der Waals surface area contributed by atoms with Crippen LogP contribution in [0.25, 0.3) is 11.0 Å². The first-order valence-electron chi connectivity index (χ1n) is 5.97. The quantitative estimate of drug-likeness (QED) is 0.930. The minimum absolute atomic E-state index is 0.367. The van der Waals surface area contributed by atoms with Gasteiger partial charge >= 0.3 is 0 Å². The van der Waals surface area contributed by atoms with Crippen LogP contribution in [0.2, 0.25) is 0 Å². The smallest absolute Gasteiger partial charge is 0.201 e. The number of nitrogens with zero attached hydrogens (tertiary/aromatic N) is 2. The van der Waals surface area contributed by atoms with E-state index in [1.807, 2.05) is 12.1 Å². The minimum atomic E-state index is 0.367. The molecule has 0 fully saturated rings. The van der Waals surface area contributed by atoms with E-state index in [0.29, 0.717) is 17.9 Å². The maximum absolute atomic E-state index is 6.03. The molecular formula is C13H18BrN3. The molecule has 0 spiro atoms. The fourth-order valence-electron chi connectivity index (χ4n) is 2.11. The van der Waals surface area contributed by atoms with Crippen LogP contribution >= 0.6 is 15.9 Å². The third-order valence-corrected chi connectivity index (χ3v) is 4.05. The van der Waals surface area contributed by atoms with Gasteiger partial charge in [0.1, 0.15) is 0 Å². The lowest BCUT2D eigenvalue weighted by Crippen LogP contribution is -2.15. The number of halogens is 1. The van der Waals surface area contributed by atoms with Crippen LogP contribution in [0.15, 0.2) is 22.7 Å². The molecule has 4 heteroatoms. The van der Waals surface area contributed by atoms with Crippen molar-refractivity contribution in [2.24, 2.45) is 5.92 Å². The molecular weight excluding hydrogens is 278 g/mol. The topological polar surface area (TPSA) is 43.8 Å². The second kappa shape index (κ2) is 4.69. The Morgan fingerprint density at radius 3 is 2.76 bits per heavy atom. The summed E-state index contributed by atoms with van der Waals surface area (Å²) in [5.41, 5.74) is 8.09. The van der Waals surface area contributed by atoms with Crippen LogP contribution in [0.5, 0.6) is 0 Å². The van der Waals surface area contributed by atoms with E-state index in [-0.39, 0.29) is 0 Å². The second-order valence-corrected chi connectivity index (χ2v) is 5.51. The van der Waals surface area contributed by atoms with E-state index < -0.39 is 0 Å². The molecule has 0 saturated carbocycles. The zero-order valence-electron chi connectivity index (χ0n) is 10.4. The SMILES string of the molecule is CCC(C)C(C)n1c(N)nc2cc(Br)ccc21. The number of imidazole rings is 1. The summed E-state index contributed by atoms with van der Waals surface area (Å²) in [6.45, 7) is 6.65. The molecule has 2 N–H and O–H groups in total. The van der Waals surface area contributed by atoms with Crippen molar-refractivity contribution in [1.82, 2.24) is 9.55 Å². The molecule has 0 radical (unpaired) electrons. The van der Waals surface area contributed by atoms with E-state index in [9.17, 15) is 0 Å². The van der Waals surface area contributed by atoms with Crippen LogP contribution in [0.3, 0.4) is 0 Å². The molecule has 0 amide bonds. The first kappa shape index (κ1) is 12.4. The highest BCUT2D eigenvalue weighted by atomic mass is 79.9. The summed E-state index contributed by atoms with van der Waals surface area (Å²) in [6, 6.07) is 6.47. The van der Waals surface area contributed by atoms with Gasteiger partial charge in [0.05, 0.1) is 11.0 Å². The second-order valence-electron chi connectivity index (χ2n) is 4.60. The Morgan fingerprint density at radius 2 is 2.12 bits per heavy atom. The Bertz CT molecular complexity index is 533. The van der Waals surface area contributed by atoms with Crippen molar-refractivity contribution >= 4 is 32.9 Å². The van der Waals surface area contributed by atoms with Crippen LogP contribution in [0.1, 0.15) is 33.2 Å². The van der Waals surface area contributed by atoms with Crippen molar-refractivity contribution in [2.45, 2.75) is 33.2 Å². The van der Waals surface area contributed by atoms with Gasteiger partial charge in [-0.2, -0.15) is 0 Å². The molecule has 0 aliphatic rings. The molecule has 2 atom stereocenters. The van der Waals surface area contributed by atoms with Crippen LogP contribution in [0, 0.1) is 5.92 Å². The van der Waals surface area contributed by atoms with E-state index in [4.69, 9.17) is 5.73 Å². The zero-order valence-corrected chi connectivity index (χ0v) is 12.0. The van der Waals surface area contributed by atoms with Gasteiger partial charge in [0, 0.05) is 10.5 Å². The summed E-state index contributed by atoms with van der Waals surface area (Å²) in [5, 5.41) is 0. The van der Waals surface area contributed by atoms with Crippen molar-refractivity contribution in [3.05, 3.63) is 22.7 Å². The molecule has 92 valence electrons. The van der Waals surface area contributed by atoms with E-state index in [0.717, 1.165) is 21.9 Å². The van der Waals surface area contributed by atoms with Crippen LogP contribution in [0.4, 0.5) is 5.95 Å². The van der Waals surface area contributed by atoms with Crippen LogP contribution < -0.4 is 5.73 Å². The van der Waals surface area contributed by atoms with Gasteiger partial charge < -0.3 is 10.3 Å². The third-order valence-electron chi connectivity index (χ3n) is 3.55. The maximum Gasteiger partial charge on any atom is 0.201 e. The Hall–Kier alpha value is -1.03. The largest absolute Gasteiger partial charge is 0.369 e. The average molecular weight is 296 g/mol. The average Bonchev–Trinajstić information content (AvgIpc) is 2.62. The van der Waals surface area contributed by atoms with Gasteiger partial charge in [-0.3, -0.25) is 0 Å². The van der Waals surface area contributed by atoms with Crippen LogP contribution in [-0.2, 0) is 0 Å². The highest BCUT2D eigenvalue weighted by Crippen LogP contribution is 2.29. The Morgan fingerprint density at radius 1 is 1.41 bits per heavy atom. The van der Waals surface area contributed by atoms with Gasteiger partial charge in [-0.1, -0.05) is 36.2 Å². The summed E-state index contributed by atoms with van der Waals surface area (Å²) >= 11 is 3.46. The first-order valence-corrected chi connectivity index (χ1v) is 6.76. The van der Waals surface area contributed by atoms with Crippen molar-refractivity contribution in [2.75, 3.05) is 5.73 Å². The predicted octanol–water partition coefficient (Wildman–Crippen LogP) is 3.99. The highest BCUT2D eigenvalue weighted by Gasteiger charge is 2.18. The highest BCUT2D eigenvalue weighted by molar-refractivity contribution is 9.10. The van der Waals surface area contributed by atoms with Crippen molar-refractivity contribution in [3.63, 3.8) is 0 Å². The number of hydrogen-bond acceptors (Lipinski definition) is 2. The molecule has 2 unspecified atom stereocenters. The lowest BCUT2D eigenvalue weighted by molar-refractivity contribution is 0.381. The van der Waals surface area contributed by atoms with Gasteiger partial charge in [0.15, 0.2) is 0 Å². The number of rotatable bonds is 3. The predicted molar refractivity (Wildman–Crippen MR) is 76.0 cm³/mol. The fourth-order valence-corrected chi connectivity index (χ4v) is 2.46. The normalized spacial score (nSPS) is 15.1. The van der Waals surface area contributed by atoms with E-state index >= 15 is 0 Å². The molecule has 3 nitrogen and oxygen atoms in total. The molecule has 0 aliphatic heterocycles. The van der Waals surface area contributed by atoms with Crippen molar-refractivity contribution in [3.8, 4) is 0 Å². The number of nitrogens with two attached hydrogens (primary N) is 1. The Balaban J connectivity index is 2.57. The summed E-state index contributed by atoms with van der Waals surface area (Å²) in [6.07, 6.45) is 1.14. The zero-order chi connectivity index (χ0) is 12.6.